The van der Waals surface area contributed by atoms with Gasteiger partial charge in [0.25, 0.3) is 5.91 Å². The van der Waals surface area contributed by atoms with Crippen molar-refractivity contribution in [3.05, 3.63) is 83.3 Å². The summed E-state index contributed by atoms with van der Waals surface area (Å²) in [6, 6.07) is 11.1. The van der Waals surface area contributed by atoms with Gasteiger partial charge < -0.3 is 41.2 Å². The third kappa shape index (κ3) is 11.5. The van der Waals surface area contributed by atoms with Crippen LogP contribution >= 0.6 is 0 Å². The van der Waals surface area contributed by atoms with E-state index in [4.69, 9.17) is 4.74 Å². The number of methoxy groups -OCH3 is 1. The standard InChI is InChI=1S/C44H59N9O7/c1-9-53-38(19-27(6)51-53)44(59)52-23-37(26(4)5)50-40(55)28(7)46-41(56)35(20-29-14-16-31(60-8)17-15-29)49-42(57)34(18-25(2)3)48-43(58)36(47-39(54)24-52)21-30-22-45-33-13-11-10-12-32(30)33/h10-17,19,22,25-26,28,34-37,45H,9,18,20-21,23-24H2,1-8H3,(H,46,56)(H,47,54)(H,48,58)(H,49,57)(H,50,55)/t28-,34+,35+,36-,37-/m1/s1. The van der Waals surface area contributed by atoms with Crippen LogP contribution in [0.2, 0.25) is 0 Å². The number of carbonyl (C=O) groups excluding carboxylic acids is 6. The van der Waals surface area contributed by atoms with Crippen molar-refractivity contribution < 1.29 is 33.5 Å². The molecule has 0 saturated carbocycles. The molecule has 3 heterocycles. The zero-order chi connectivity index (χ0) is 43.7. The molecule has 0 aliphatic carbocycles. The predicted molar refractivity (Wildman–Crippen MR) is 227 cm³/mol. The van der Waals surface area contributed by atoms with Crippen molar-refractivity contribution in [3.8, 4) is 5.75 Å². The molecule has 2 aromatic heterocycles. The summed E-state index contributed by atoms with van der Waals surface area (Å²) >= 11 is 0. The van der Waals surface area contributed by atoms with Gasteiger partial charge in [-0.15, -0.1) is 0 Å². The fourth-order valence-corrected chi connectivity index (χ4v) is 7.28. The Morgan fingerprint density at radius 1 is 0.833 bits per heavy atom. The fraction of sp³-hybridized carbons (Fsp3) is 0.477. The number of H-pyrrole nitrogens is 1. The molecule has 0 unspecified atom stereocenters. The topological polar surface area (TPSA) is 209 Å². The number of aromatic nitrogens is 3. The van der Waals surface area contributed by atoms with E-state index in [1.165, 1.54) is 11.8 Å². The predicted octanol–water partition coefficient (Wildman–Crippen LogP) is 2.79. The van der Waals surface area contributed by atoms with Crippen LogP contribution in [0.25, 0.3) is 10.9 Å². The lowest BCUT2D eigenvalue weighted by molar-refractivity contribution is -0.135. The second-order valence-electron chi connectivity index (χ2n) is 16.2. The van der Waals surface area contributed by atoms with Crippen molar-refractivity contribution in [2.24, 2.45) is 11.8 Å². The first-order chi connectivity index (χ1) is 28.6. The molecule has 16 heteroatoms. The van der Waals surface area contributed by atoms with Crippen LogP contribution in [0.3, 0.4) is 0 Å². The van der Waals surface area contributed by atoms with Crippen LogP contribution in [0.5, 0.6) is 5.75 Å². The molecule has 1 aliphatic heterocycles. The molecule has 6 N–H and O–H groups in total. The maximum absolute atomic E-state index is 14.4. The van der Waals surface area contributed by atoms with Crippen LogP contribution in [0, 0.1) is 18.8 Å². The highest BCUT2D eigenvalue weighted by Gasteiger charge is 2.34. The smallest absolute Gasteiger partial charge is 0.272 e. The van der Waals surface area contributed by atoms with E-state index in [0.717, 1.165) is 16.5 Å². The number of fused-ring (bicyclic) bond motifs is 1. The number of aromatic amines is 1. The Hall–Kier alpha value is -6.19. The van der Waals surface area contributed by atoms with E-state index in [-0.39, 0.29) is 43.3 Å². The third-order valence-corrected chi connectivity index (χ3v) is 10.7. The summed E-state index contributed by atoms with van der Waals surface area (Å²) < 4.78 is 6.85. The Kier molecular flexibility index (Phi) is 15.1. The number of carbonyl (C=O) groups is 6. The van der Waals surface area contributed by atoms with E-state index in [2.05, 4.69) is 36.7 Å². The lowest BCUT2D eigenvalue weighted by atomic mass is 9.99. The summed E-state index contributed by atoms with van der Waals surface area (Å²) in [5, 5.41) is 19.6. The van der Waals surface area contributed by atoms with Gasteiger partial charge in [0, 0.05) is 49.1 Å². The quantitative estimate of drug-likeness (QED) is 0.140. The molecule has 4 aromatic rings. The second-order valence-corrected chi connectivity index (χ2v) is 16.2. The number of ether oxygens (including phenoxy) is 1. The van der Waals surface area contributed by atoms with Gasteiger partial charge in [-0.05, 0) is 74.4 Å². The van der Waals surface area contributed by atoms with E-state index < -0.39 is 72.2 Å². The highest BCUT2D eigenvalue weighted by molar-refractivity contribution is 5.98. The van der Waals surface area contributed by atoms with E-state index in [1.54, 1.807) is 55.2 Å². The number of rotatable bonds is 10. The first-order valence-electron chi connectivity index (χ1n) is 20.6. The molecule has 6 amide bonds. The minimum Gasteiger partial charge on any atom is -0.497 e. The number of hydrogen-bond donors (Lipinski definition) is 6. The summed E-state index contributed by atoms with van der Waals surface area (Å²) in [5.41, 5.74) is 3.18. The maximum atomic E-state index is 14.4. The van der Waals surface area contributed by atoms with Gasteiger partial charge in [-0.25, -0.2) is 0 Å². The molecule has 60 heavy (non-hydrogen) atoms. The molecule has 0 spiro atoms. The molecular weight excluding hydrogens is 767 g/mol. The zero-order valence-electron chi connectivity index (χ0n) is 35.8. The Labute approximate surface area is 350 Å². The lowest BCUT2D eigenvalue weighted by Gasteiger charge is -2.32. The van der Waals surface area contributed by atoms with Gasteiger partial charge >= 0.3 is 0 Å². The normalized spacial score (nSPS) is 21.5. The van der Waals surface area contributed by atoms with Crippen LogP contribution in [0.15, 0.2) is 60.8 Å². The van der Waals surface area contributed by atoms with Crippen molar-refractivity contribution in [2.45, 2.75) is 104 Å². The Balaban J connectivity index is 1.56. The van der Waals surface area contributed by atoms with Gasteiger partial charge in [0.1, 0.15) is 35.6 Å². The molecule has 5 atom stereocenters. The number of hydrogen-bond acceptors (Lipinski definition) is 8. The molecule has 1 aliphatic rings. The van der Waals surface area contributed by atoms with E-state index in [1.807, 2.05) is 58.9 Å². The molecule has 0 radical (unpaired) electrons. The summed E-state index contributed by atoms with van der Waals surface area (Å²) in [5.74, 6) is -3.15. The van der Waals surface area contributed by atoms with E-state index in [0.29, 0.717) is 23.6 Å². The van der Waals surface area contributed by atoms with Gasteiger partial charge in [0.15, 0.2) is 0 Å². The largest absolute Gasteiger partial charge is 0.497 e. The first kappa shape index (κ1) is 44.9. The average molecular weight is 826 g/mol. The molecule has 1 fully saturated rings. The number of nitrogens with zero attached hydrogens (tertiary/aromatic N) is 3. The minimum atomic E-state index is -1.18. The Morgan fingerprint density at radius 2 is 1.48 bits per heavy atom. The highest BCUT2D eigenvalue weighted by atomic mass is 16.5. The monoisotopic (exact) mass is 825 g/mol. The summed E-state index contributed by atoms with van der Waals surface area (Å²) in [4.78, 5) is 89.6. The average Bonchev–Trinajstić information content (AvgIpc) is 3.81. The van der Waals surface area contributed by atoms with E-state index >= 15 is 0 Å². The molecule has 16 nitrogen and oxygen atoms in total. The summed E-state index contributed by atoms with van der Waals surface area (Å²) in [7, 11) is 1.54. The highest BCUT2D eigenvalue weighted by Crippen LogP contribution is 2.20. The molecule has 1 saturated heterocycles. The van der Waals surface area contributed by atoms with Crippen LogP contribution in [-0.4, -0.2) is 106 Å². The zero-order valence-corrected chi connectivity index (χ0v) is 35.8. The number of aryl methyl sites for hydroxylation is 2. The third-order valence-electron chi connectivity index (χ3n) is 10.7. The van der Waals surface area contributed by atoms with Gasteiger partial charge in [-0.3, -0.25) is 33.4 Å². The van der Waals surface area contributed by atoms with Crippen molar-refractivity contribution in [1.29, 1.82) is 0 Å². The first-order valence-corrected chi connectivity index (χ1v) is 20.6. The number of para-hydroxylation sites is 1. The van der Waals surface area contributed by atoms with E-state index in [9.17, 15) is 28.8 Å². The second kappa shape index (κ2) is 20.2. The number of benzene rings is 2. The van der Waals surface area contributed by atoms with Crippen molar-refractivity contribution in [1.82, 2.24) is 46.2 Å². The lowest BCUT2D eigenvalue weighted by Crippen LogP contribution is -2.60. The van der Waals surface area contributed by atoms with Crippen molar-refractivity contribution in [3.63, 3.8) is 0 Å². The Bertz CT molecular complexity index is 2160. The molecular formula is C44H59N9O7. The number of nitrogens with one attached hydrogen (secondary N) is 6. The number of amides is 6. The van der Waals surface area contributed by atoms with Gasteiger partial charge in [-0.1, -0.05) is 58.0 Å². The molecule has 2 aromatic carbocycles. The SMILES string of the molecule is CCn1nc(C)cc1C(=O)N1CC(=O)N[C@H](Cc2c[nH]c3ccccc23)C(=O)N[C@@H](CC(C)C)C(=O)N[C@@H](Cc2ccc(OC)cc2)C(=O)N[C@H](C)C(=O)N[C@@H](C(C)C)C1. The molecule has 0 bridgehead atoms. The van der Waals surface area contributed by atoms with Crippen LogP contribution in [-0.2, 0) is 43.4 Å². The van der Waals surface area contributed by atoms with Gasteiger partial charge in [-0.2, -0.15) is 5.10 Å². The van der Waals surface area contributed by atoms with Crippen molar-refractivity contribution in [2.75, 3.05) is 20.2 Å². The van der Waals surface area contributed by atoms with Crippen molar-refractivity contribution >= 4 is 46.3 Å². The minimum absolute atomic E-state index is 0.0540. The van der Waals surface area contributed by atoms with Crippen LogP contribution < -0.4 is 31.3 Å². The maximum Gasteiger partial charge on any atom is 0.272 e. The van der Waals surface area contributed by atoms with Gasteiger partial charge in [0.2, 0.25) is 29.5 Å². The van der Waals surface area contributed by atoms with Crippen LogP contribution in [0.1, 0.15) is 75.3 Å². The van der Waals surface area contributed by atoms with Crippen LogP contribution in [0.4, 0.5) is 0 Å². The molecule has 322 valence electrons. The fourth-order valence-electron chi connectivity index (χ4n) is 7.28. The Morgan fingerprint density at radius 3 is 2.15 bits per heavy atom. The summed E-state index contributed by atoms with van der Waals surface area (Å²) in [6.07, 6.45) is 2.11. The van der Waals surface area contributed by atoms with Gasteiger partial charge in [0.05, 0.1) is 19.3 Å². The summed E-state index contributed by atoms with van der Waals surface area (Å²) in [6.45, 7) is 12.6. The molecule has 5 rings (SSSR count).